The Bertz CT molecular complexity index is 527. The van der Waals surface area contributed by atoms with Gasteiger partial charge >= 0.3 is 0 Å². The van der Waals surface area contributed by atoms with Crippen molar-refractivity contribution in [2.45, 2.75) is 17.9 Å². The average molecular weight is 371 g/mol. The van der Waals surface area contributed by atoms with Crippen LogP contribution in [0.15, 0.2) is 57.9 Å². The summed E-state index contributed by atoms with van der Waals surface area (Å²) in [6.45, 7) is 3.08. The molecule has 2 aromatic carbocycles. The van der Waals surface area contributed by atoms with Crippen molar-refractivity contribution in [1.82, 2.24) is 5.32 Å². The van der Waals surface area contributed by atoms with E-state index < -0.39 is 0 Å². The maximum atomic E-state index is 5.95. The smallest absolute Gasteiger partial charge is 0.0415 e. The van der Waals surface area contributed by atoms with E-state index >= 15 is 0 Å². The lowest BCUT2D eigenvalue weighted by Crippen LogP contribution is -2.22. The minimum atomic E-state index is 0.339. The molecule has 0 saturated carbocycles. The normalized spacial score (nSPS) is 12.3. The average Bonchev–Trinajstić information content (AvgIpc) is 2.46. The first-order valence-corrected chi connectivity index (χ1v) is 8.72. The molecule has 0 spiro atoms. The molecule has 2 aromatic rings. The van der Waals surface area contributed by atoms with E-state index in [1.54, 1.807) is 0 Å². The van der Waals surface area contributed by atoms with E-state index in [1.165, 1.54) is 10.5 Å². The Kier molecular flexibility index (Phi) is 6.43. The number of thioether (sulfide) groups is 1. The molecule has 1 N–H and O–H groups in total. The first kappa shape index (κ1) is 15.9. The lowest BCUT2D eigenvalue weighted by molar-refractivity contribution is 0.606. The maximum Gasteiger partial charge on any atom is 0.0415 e. The third-order valence-corrected chi connectivity index (χ3v) is 4.84. The molecule has 20 heavy (non-hydrogen) atoms. The molecule has 1 nitrogen and oxygen atoms in total. The van der Waals surface area contributed by atoms with Gasteiger partial charge in [-0.1, -0.05) is 46.6 Å². The Balaban J connectivity index is 2.02. The van der Waals surface area contributed by atoms with E-state index in [9.17, 15) is 0 Å². The summed E-state index contributed by atoms with van der Waals surface area (Å²) in [5.74, 6) is 0.997. The molecule has 4 heteroatoms. The Labute approximate surface area is 138 Å². The lowest BCUT2D eigenvalue weighted by Gasteiger charge is -2.18. The second-order valence-electron chi connectivity index (χ2n) is 4.43. The Morgan fingerprint density at radius 1 is 1.10 bits per heavy atom. The summed E-state index contributed by atoms with van der Waals surface area (Å²) >= 11 is 11.3. The van der Waals surface area contributed by atoms with Gasteiger partial charge in [0.2, 0.25) is 0 Å². The minimum Gasteiger partial charge on any atom is -0.309 e. The summed E-state index contributed by atoms with van der Waals surface area (Å²) < 4.78 is 1.11. The van der Waals surface area contributed by atoms with E-state index in [2.05, 4.69) is 64.6 Å². The van der Waals surface area contributed by atoms with Crippen molar-refractivity contribution in [3.8, 4) is 0 Å². The van der Waals surface area contributed by atoms with Crippen LogP contribution in [0.25, 0.3) is 0 Å². The molecular formula is C16H17BrClNS. The summed E-state index contributed by atoms with van der Waals surface area (Å²) in [5.41, 5.74) is 1.28. The van der Waals surface area contributed by atoms with Crippen LogP contribution >= 0.6 is 39.3 Å². The van der Waals surface area contributed by atoms with Gasteiger partial charge < -0.3 is 5.32 Å². The second kappa shape index (κ2) is 8.08. The van der Waals surface area contributed by atoms with Crippen LogP contribution < -0.4 is 5.32 Å². The van der Waals surface area contributed by atoms with E-state index in [-0.39, 0.29) is 0 Å². The topological polar surface area (TPSA) is 12.0 Å². The Hall–Kier alpha value is -0.480. The first-order chi connectivity index (χ1) is 9.69. The van der Waals surface area contributed by atoms with Gasteiger partial charge in [-0.3, -0.25) is 0 Å². The third kappa shape index (κ3) is 4.81. The van der Waals surface area contributed by atoms with E-state index in [4.69, 9.17) is 11.6 Å². The Morgan fingerprint density at radius 3 is 2.35 bits per heavy atom. The van der Waals surface area contributed by atoms with Gasteiger partial charge in [-0.25, -0.2) is 0 Å². The molecule has 2 rings (SSSR count). The fourth-order valence-corrected chi connectivity index (χ4v) is 3.31. The van der Waals surface area contributed by atoms with Crippen molar-refractivity contribution < 1.29 is 0 Å². The molecule has 0 heterocycles. The molecule has 0 aliphatic carbocycles. The number of hydrogen-bond acceptors (Lipinski definition) is 2. The summed E-state index contributed by atoms with van der Waals surface area (Å²) in [5, 5.41) is 4.31. The van der Waals surface area contributed by atoms with Crippen molar-refractivity contribution in [3.05, 3.63) is 63.6 Å². The van der Waals surface area contributed by atoms with Gasteiger partial charge in [0, 0.05) is 26.2 Å². The summed E-state index contributed by atoms with van der Waals surface area (Å²) in [6.07, 6.45) is 0. The van der Waals surface area contributed by atoms with Gasteiger partial charge in [-0.2, -0.15) is 0 Å². The number of halogens is 2. The Morgan fingerprint density at radius 2 is 1.75 bits per heavy atom. The van der Waals surface area contributed by atoms with Crippen LogP contribution in [0.2, 0.25) is 5.02 Å². The van der Waals surface area contributed by atoms with Crippen LogP contribution in [0.4, 0.5) is 0 Å². The highest BCUT2D eigenvalue weighted by atomic mass is 79.9. The number of hydrogen-bond donors (Lipinski definition) is 1. The number of rotatable bonds is 6. The summed E-state index contributed by atoms with van der Waals surface area (Å²) in [6, 6.07) is 16.9. The fraction of sp³-hybridized carbons (Fsp3) is 0.250. The van der Waals surface area contributed by atoms with Gasteiger partial charge in [-0.15, -0.1) is 11.8 Å². The fourth-order valence-electron chi connectivity index (χ4n) is 1.92. The van der Waals surface area contributed by atoms with Crippen molar-refractivity contribution in [3.63, 3.8) is 0 Å². The minimum absolute atomic E-state index is 0.339. The third-order valence-electron chi connectivity index (χ3n) is 2.95. The standard InChI is InChI=1S/C16H17BrClNS/c1-2-19-16(12-3-7-14(18)8-4-12)11-20-15-9-5-13(17)6-10-15/h3-10,16,19H,2,11H2,1H3. The molecule has 0 amide bonds. The van der Waals surface area contributed by atoms with Crippen LogP contribution in [0.1, 0.15) is 18.5 Å². The van der Waals surface area contributed by atoms with Gasteiger partial charge in [0.1, 0.15) is 0 Å². The zero-order valence-electron chi connectivity index (χ0n) is 11.3. The van der Waals surface area contributed by atoms with Gasteiger partial charge in [0.05, 0.1) is 0 Å². The number of benzene rings is 2. The molecule has 1 atom stereocenters. The van der Waals surface area contributed by atoms with E-state index in [0.29, 0.717) is 6.04 Å². The first-order valence-electron chi connectivity index (χ1n) is 6.56. The van der Waals surface area contributed by atoms with Gasteiger partial charge in [0.25, 0.3) is 0 Å². The molecule has 1 unspecified atom stereocenters. The van der Waals surface area contributed by atoms with Crippen LogP contribution in [0, 0.1) is 0 Å². The van der Waals surface area contributed by atoms with Crippen molar-refractivity contribution in [2.24, 2.45) is 0 Å². The predicted octanol–water partition coefficient (Wildman–Crippen LogP) is 5.55. The summed E-state index contributed by atoms with van der Waals surface area (Å²) in [7, 11) is 0. The SMILES string of the molecule is CCNC(CSc1ccc(Br)cc1)c1ccc(Cl)cc1. The van der Waals surface area contributed by atoms with E-state index in [0.717, 1.165) is 21.8 Å². The second-order valence-corrected chi connectivity index (χ2v) is 6.87. The van der Waals surface area contributed by atoms with Crippen molar-refractivity contribution in [2.75, 3.05) is 12.3 Å². The van der Waals surface area contributed by atoms with Crippen LogP contribution in [0.5, 0.6) is 0 Å². The van der Waals surface area contributed by atoms with Crippen LogP contribution in [-0.2, 0) is 0 Å². The van der Waals surface area contributed by atoms with Crippen molar-refractivity contribution in [1.29, 1.82) is 0 Å². The molecule has 0 aromatic heterocycles. The largest absolute Gasteiger partial charge is 0.309 e. The van der Waals surface area contributed by atoms with Gasteiger partial charge in [0.15, 0.2) is 0 Å². The van der Waals surface area contributed by atoms with E-state index in [1.807, 2.05) is 23.9 Å². The molecule has 0 aliphatic rings. The van der Waals surface area contributed by atoms with Crippen molar-refractivity contribution >= 4 is 39.3 Å². The maximum absolute atomic E-state index is 5.95. The number of nitrogens with one attached hydrogen (secondary N) is 1. The highest BCUT2D eigenvalue weighted by molar-refractivity contribution is 9.10. The summed E-state index contributed by atoms with van der Waals surface area (Å²) in [4.78, 5) is 1.28. The highest BCUT2D eigenvalue weighted by Gasteiger charge is 2.10. The van der Waals surface area contributed by atoms with Crippen LogP contribution in [-0.4, -0.2) is 12.3 Å². The zero-order valence-corrected chi connectivity index (χ0v) is 14.4. The monoisotopic (exact) mass is 369 g/mol. The molecular weight excluding hydrogens is 354 g/mol. The van der Waals surface area contributed by atoms with Gasteiger partial charge in [-0.05, 0) is 48.5 Å². The molecule has 0 bridgehead atoms. The molecule has 0 aliphatic heterocycles. The molecule has 0 saturated heterocycles. The molecule has 0 radical (unpaired) electrons. The lowest BCUT2D eigenvalue weighted by atomic mass is 10.1. The zero-order chi connectivity index (χ0) is 14.4. The highest BCUT2D eigenvalue weighted by Crippen LogP contribution is 2.26. The van der Waals surface area contributed by atoms with Crippen LogP contribution in [0.3, 0.4) is 0 Å². The predicted molar refractivity (Wildman–Crippen MR) is 92.7 cm³/mol. The molecule has 106 valence electrons. The molecule has 0 fully saturated rings. The quantitative estimate of drug-likeness (QED) is 0.669.